The van der Waals surface area contributed by atoms with Gasteiger partial charge in [0.05, 0.1) is 33.7 Å². The third-order valence-electron chi connectivity index (χ3n) is 4.41. The van der Waals surface area contributed by atoms with Gasteiger partial charge in [0.15, 0.2) is 17.3 Å². The number of cyclic esters (lactones) is 1. The van der Waals surface area contributed by atoms with Gasteiger partial charge in [0.25, 0.3) is 0 Å². The number of benzene rings is 1. The molecule has 1 aliphatic heterocycles. The number of ketones is 1. The zero-order chi connectivity index (χ0) is 18.8. The Morgan fingerprint density at radius 2 is 1.76 bits per heavy atom. The number of Topliss-reactive ketones (excluding diaryl/α,β-unsaturated/α-hetero) is 1. The molecule has 0 unspecified atom stereocenters. The Kier molecular flexibility index (Phi) is 5.35. The van der Waals surface area contributed by atoms with E-state index in [1.807, 2.05) is 0 Å². The van der Waals surface area contributed by atoms with E-state index in [1.54, 1.807) is 18.2 Å². The SMILES string of the molecule is COC(=O)C[C@H]1C(=O)C(C)(C)C(=O)O[C@H]1c1ccc(OC)c(OC)c1. The van der Waals surface area contributed by atoms with Gasteiger partial charge in [0.1, 0.15) is 11.5 Å². The smallest absolute Gasteiger partial charge is 0.319 e. The average Bonchev–Trinajstić information content (AvgIpc) is 2.61. The summed E-state index contributed by atoms with van der Waals surface area (Å²) in [5.74, 6) is -1.42. The highest BCUT2D eigenvalue weighted by Gasteiger charge is 2.51. The summed E-state index contributed by atoms with van der Waals surface area (Å²) >= 11 is 0. The molecular formula is C18H22O7. The molecular weight excluding hydrogens is 328 g/mol. The Balaban J connectivity index is 2.46. The van der Waals surface area contributed by atoms with Crippen LogP contribution in [-0.4, -0.2) is 39.1 Å². The van der Waals surface area contributed by atoms with Crippen molar-refractivity contribution in [3.63, 3.8) is 0 Å². The molecule has 7 nitrogen and oxygen atoms in total. The maximum atomic E-state index is 12.8. The van der Waals surface area contributed by atoms with Crippen LogP contribution in [0.5, 0.6) is 11.5 Å². The molecule has 0 bridgehead atoms. The molecule has 0 radical (unpaired) electrons. The van der Waals surface area contributed by atoms with Crippen LogP contribution in [0.1, 0.15) is 31.9 Å². The quantitative estimate of drug-likeness (QED) is 0.593. The van der Waals surface area contributed by atoms with E-state index in [9.17, 15) is 14.4 Å². The van der Waals surface area contributed by atoms with Crippen molar-refractivity contribution in [2.75, 3.05) is 21.3 Å². The van der Waals surface area contributed by atoms with Crippen LogP contribution in [0.2, 0.25) is 0 Å². The summed E-state index contributed by atoms with van der Waals surface area (Å²) in [4.78, 5) is 36.8. The second-order valence-corrected chi connectivity index (χ2v) is 6.32. The van der Waals surface area contributed by atoms with Crippen molar-refractivity contribution in [3.05, 3.63) is 23.8 Å². The van der Waals surface area contributed by atoms with Crippen LogP contribution >= 0.6 is 0 Å². The standard InChI is InChI=1S/C18H22O7/c1-18(2)16(20)11(9-14(19)24-5)15(25-17(18)21)10-6-7-12(22-3)13(8-10)23-4/h6-8,11,15H,9H2,1-5H3/t11-,15+/m1/s1. The number of esters is 2. The minimum Gasteiger partial charge on any atom is -0.493 e. The average molecular weight is 350 g/mol. The minimum absolute atomic E-state index is 0.176. The molecule has 0 spiro atoms. The fourth-order valence-corrected chi connectivity index (χ4v) is 2.84. The van der Waals surface area contributed by atoms with Crippen molar-refractivity contribution < 1.29 is 33.3 Å². The summed E-state index contributed by atoms with van der Waals surface area (Å²) in [6, 6.07) is 4.96. The molecule has 0 N–H and O–H groups in total. The molecule has 1 aromatic carbocycles. The molecule has 1 aliphatic rings. The van der Waals surface area contributed by atoms with Gasteiger partial charge < -0.3 is 18.9 Å². The molecule has 2 rings (SSSR count). The van der Waals surface area contributed by atoms with Gasteiger partial charge in [-0.05, 0) is 31.5 Å². The van der Waals surface area contributed by atoms with Crippen LogP contribution in [0.4, 0.5) is 0 Å². The lowest BCUT2D eigenvalue weighted by atomic mass is 9.74. The summed E-state index contributed by atoms with van der Waals surface area (Å²) in [6.07, 6.45) is -1.07. The first-order valence-corrected chi connectivity index (χ1v) is 7.80. The maximum absolute atomic E-state index is 12.8. The lowest BCUT2D eigenvalue weighted by molar-refractivity contribution is -0.181. The van der Waals surface area contributed by atoms with Crippen LogP contribution < -0.4 is 9.47 Å². The number of ether oxygens (including phenoxy) is 4. The lowest BCUT2D eigenvalue weighted by Crippen LogP contribution is -2.48. The van der Waals surface area contributed by atoms with Gasteiger partial charge in [-0.25, -0.2) is 0 Å². The number of methoxy groups -OCH3 is 3. The van der Waals surface area contributed by atoms with Gasteiger partial charge in [0.2, 0.25) is 0 Å². The van der Waals surface area contributed by atoms with Gasteiger partial charge in [-0.15, -0.1) is 0 Å². The molecule has 25 heavy (non-hydrogen) atoms. The highest BCUT2D eigenvalue weighted by Crippen LogP contribution is 2.43. The van der Waals surface area contributed by atoms with Crippen molar-refractivity contribution in [2.24, 2.45) is 11.3 Å². The van der Waals surface area contributed by atoms with Crippen LogP contribution in [0.25, 0.3) is 0 Å². The summed E-state index contributed by atoms with van der Waals surface area (Å²) in [7, 11) is 4.23. The van der Waals surface area contributed by atoms with Gasteiger partial charge in [-0.3, -0.25) is 14.4 Å². The Hall–Kier alpha value is -2.57. The van der Waals surface area contributed by atoms with E-state index in [0.717, 1.165) is 0 Å². The van der Waals surface area contributed by atoms with Crippen molar-refractivity contribution in [2.45, 2.75) is 26.4 Å². The third kappa shape index (κ3) is 3.45. The van der Waals surface area contributed by atoms with Crippen molar-refractivity contribution >= 4 is 17.7 Å². The van der Waals surface area contributed by atoms with Crippen LogP contribution in [0.3, 0.4) is 0 Å². The Morgan fingerprint density at radius 3 is 2.32 bits per heavy atom. The normalized spacial score (nSPS) is 22.1. The summed E-state index contributed by atoms with van der Waals surface area (Å²) in [5.41, 5.74) is -0.769. The zero-order valence-corrected chi connectivity index (χ0v) is 15.0. The fourth-order valence-electron chi connectivity index (χ4n) is 2.84. The van der Waals surface area contributed by atoms with Crippen molar-refractivity contribution in [1.29, 1.82) is 0 Å². The van der Waals surface area contributed by atoms with E-state index in [1.165, 1.54) is 35.2 Å². The molecule has 1 aromatic rings. The van der Waals surface area contributed by atoms with E-state index >= 15 is 0 Å². The van der Waals surface area contributed by atoms with Crippen LogP contribution in [-0.2, 0) is 23.9 Å². The highest BCUT2D eigenvalue weighted by atomic mass is 16.6. The maximum Gasteiger partial charge on any atom is 0.319 e. The number of hydrogen-bond acceptors (Lipinski definition) is 7. The minimum atomic E-state index is -1.31. The van der Waals surface area contributed by atoms with Gasteiger partial charge in [0, 0.05) is 0 Å². The summed E-state index contributed by atoms with van der Waals surface area (Å²) < 4.78 is 20.7. The van der Waals surface area contributed by atoms with Gasteiger partial charge >= 0.3 is 11.9 Å². The first-order chi connectivity index (χ1) is 11.8. The predicted molar refractivity (Wildman–Crippen MR) is 87.3 cm³/mol. The Morgan fingerprint density at radius 1 is 1.12 bits per heavy atom. The molecule has 136 valence electrons. The topological polar surface area (TPSA) is 88.1 Å². The predicted octanol–water partition coefficient (Wildman–Crippen LogP) is 2.08. The second kappa shape index (κ2) is 7.13. The number of rotatable bonds is 5. The number of carbonyl (C=O) groups excluding carboxylic acids is 3. The lowest BCUT2D eigenvalue weighted by Gasteiger charge is -2.37. The monoisotopic (exact) mass is 350 g/mol. The number of hydrogen-bond donors (Lipinski definition) is 0. The molecule has 2 atom stereocenters. The van der Waals surface area contributed by atoms with Crippen molar-refractivity contribution in [3.8, 4) is 11.5 Å². The Bertz CT molecular complexity index is 693. The van der Waals surface area contributed by atoms with E-state index in [-0.39, 0.29) is 12.2 Å². The van der Waals surface area contributed by atoms with Crippen molar-refractivity contribution in [1.82, 2.24) is 0 Å². The molecule has 0 amide bonds. The molecule has 1 saturated heterocycles. The van der Waals surface area contributed by atoms with E-state index in [2.05, 4.69) is 4.74 Å². The van der Waals surface area contributed by atoms with Gasteiger partial charge in [-0.1, -0.05) is 6.07 Å². The zero-order valence-electron chi connectivity index (χ0n) is 15.0. The fraction of sp³-hybridized carbons (Fsp3) is 0.500. The molecule has 7 heteroatoms. The van der Waals surface area contributed by atoms with Crippen LogP contribution in [0.15, 0.2) is 18.2 Å². The third-order valence-corrected chi connectivity index (χ3v) is 4.41. The molecule has 0 saturated carbocycles. The van der Waals surface area contributed by atoms with E-state index in [4.69, 9.17) is 14.2 Å². The summed E-state index contributed by atoms with van der Waals surface area (Å²) in [6.45, 7) is 2.99. The highest BCUT2D eigenvalue weighted by molar-refractivity contribution is 6.07. The van der Waals surface area contributed by atoms with Gasteiger partial charge in [-0.2, -0.15) is 0 Å². The number of carbonyl (C=O) groups is 3. The molecule has 0 aliphatic carbocycles. The first kappa shape index (κ1) is 18.8. The second-order valence-electron chi connectivity index (χ2n) is 6.32. The largest absolute Gasteiger partial charge is 0.493 e. The van der Waals surface area contributed by atoms with E-state index < -0.39 is 29.4 Å². The van der Waals surface area contributed by atoms with Crippen LogP contribution in [0, 0.1) is 11.3 Å². The van der Waals surface area contributed by atoms with E-state index in [0.29, 0.717) is 17.1 Å². The molecule has 1 fully saturated rings. The summed E-state index contributed by atoms with van der Waals surface area (Å²) in [5, 5.41) is 0. The first-order valence-electron chi connectivity index (χ1n) is 7.80. The molecule has 0 aromatic heterocycles. The molecule has 1 heterocycles. The Labute approximate surface area is 146 Å².